The largest absolute Gasteiger partial charge is 0.456 e. The summed E-state index contributed by atoms with van der Waals surface area (Å²) in [5.41, 5.74) is 11.5. The molecule has 0 amide bonds. The first-order valence-electron chi connectivity index (χ1n) is 19.7. The van der Waals surface area contributed by atoms with Crippen molar-refractivity contribution >= 4 is 75.9 Å². The fourth-order valence-electron chi connectivity index (χ4n) is 9.35. The Balaban J connectivity index is 1.06. The maximum absolute atomic E-state index is 6.76. The van der Waals surface area contributed by atoms with Gasteiger partial charge in [0.05, 0.1) is 0 Å². The molecule has 1 aliphatic heterocycles. The Hall–Kier alpha value is -6.82. The van der Waals surface area contributed by atoms with E-state index in [2.05, 4.69) is 169 Å². The molecule has 10 aromatic rings. The first-order valence-corrected chi connectivity index (χ1v) is 20.5. The number of aryl methyl sites for hydroxylation is 1. The molecule has 2 aliphatic rings. The van der Waals surface area contributed by atoms with Crippen molar-refractivity contribution in [1.82, 2.24) is 5.32 Å². The van der Waals surface area contributed by atoms with Gasteiger partial charge in [-0.05, 0) is 93.4 Å². The quantitative estimate of drug-likeness (QED) is 0.195. The lowest BCUT2D eigenvalue weighted by Crippen LogP contribution is -2.36. The number of hydrogen-bond donors (Lipinski definition) is 1. The zero-order valence-corrected chi connectivity index (χ0v) is 31.8. The van der Waals surface area contributed by atoms with E-state index in [9.17, 15) is 0 Å². The Labute approximate surface area is 333 Å². The van der Waals surface area contributed by atoms with Crippen LogP contribution >= 0.6 is 11.3 Å². The molecule has 8 aromatic carbocycles. The molecule has 1 N–H and O–H groups in total. The maximum Gasteiger partial charge on any atom is 0.169 e. The predicted octanol–water partition coefficient (Wildman–Crippen LogP) is 13.3. The lowest BCUT2D eigenvalue weighted by atomic mass is 9.83. The molecule has 0 bridgehead atoms. The van der Waals surface area contributed by atoms with E-state index >= 15 is 0 Å². The van der Waals surface area contributed by atoms with Crippen molar-refractivity contribution in [2.75, 3.05) is 0 Å². The number of hydrogen-bond acceptors (Lipinski definition) is 5. The van der Waals surface area contributed by atoms with Crippen molar-refractivity contribution < 1.29 is 4.42 Å². The molecule has 5 heteroatoms. The summed E-state index contributed by atoms with van der Waals surface area (Å²) in [6.45, 7) is 0. The zero-order chi connectivity index (χ0) is 37.5. The van der Waals surface area contributed by atoms with Gasteiger partial charge in [-0.15, -0.1) is 11.3 Å². The first-order chi connectivity index (χ1) is 28.2. The highest BCUT2D eigenvalue weighted by atomic mass is 32.1. The van der Waals surface area contributed by atoms with E-state index < -0.39 is 6.17 Å². The fraction of sp³-hybridized carbons (Fsp3) is 0.0769. The van der Waals surface area contributed by atoms with Crippen LogP contribution in [0.25, 0.3) is 64.0 Å². The molecule has 2 unspecified atom stereocenters. The average molecular weight is 750 g/mol. The van der Waals surface area contributed by atoms with Gasteiger partial charge >= 0.3 is 0 Å². The van der Waals surface area contributed by atoms with E-state index in [0.29, 0.717) is 0 Å². The summed E-state index contributed by atoms with van der Waals surface area (Å²) in [5.74, 6) is 1.72. The monoisotopic (exact) mass is 749 g/mol. The van der Waals surface area contributed by atoms with Gasteiger partial charge in [0.1, 0.15) is 22.8 Å². The molecule has 270 valence electrons. The smallest absolute Gasteiger partial charge is 0.169 e. The van der Waals surface area contributed by atoms with Crippen LogP contribution < -0.4 is 5.32 Å². The molecule has 4 nitrogen and oxygen atoms in total. The molecular formula is C52H35N3OS. The first kappa shape index (κ1) is 32.4. The van der Waals surface area contributed by atoms with Crippen molar-refractivity contribution in [2.45, 2.75) is 24.9 Å². The van der Waals surface area contributed by atoms with Crippen LogP contribution in [-0.4, -0.2) is 11.7 Å². The highest BCUT2D eigenvalue weighted by Gasteiger charge is 2.29. The standard InChI is InChI=1S/C52H35N3OS/c1-2-13-31(14-3-1)50-53-51(55-52(54-50)41-21-12-24-47-49(41)40-20-9-11-23-46(40)57-47)35-29-43(48-39-19-8-10-22-44(39)56-45(48)30-35)38-26-25-34-27-32-15-4-5-16-33(32)28-42(34)37-18-7-6-17-36(37)38/h1-24,27-30,38,50H,25-26H2,(H,53,54,55). The second-order valence-electron chi connectivity index (χ2n) is 15.2. The highest BCUT2D eigenvalue weighted by Crippen LogP contribution is 2.46. The molecular weight excluding hydrogens is 715 g/mol. The van der Waals surface area contributed by atoms with Gasteiger partial charge in [-0.1, -0.05) is 133 Å². The Morgan fingerprint density at radius 2 is 1.25 bits per heavy atom. The molecule has 3 heterocycles. The van der Waals surface area contributed by atoms with Crippen LogP contribution in [0.4, 0.5) is 0 Å². The SMILES string of the molecule is c1ccc(C2N=C(c3cc(C4CCc5cc6ccccc6cc5-c5ccccc54)c4c(c3)oc3ccccc34)NC(c3cccc4sc5ccccc5c34)=N2)cc1. The van der Waals surface area contributed by atoms with Gasteiger partial charge in [-0.2, -0.15) is 0 Å². The number of benzene rings is 8. The topological polar surface area (TPSA) is 49.9 Å². The predicted molar refractivity (Wildman–Crippen MR) is 238 cm³/mol. The highest BCUT2D eigenvalue weighted by molar-refractivity contribution is 7.25. The number of aliphatic imine (C=N–C) groups is 2. The molecule has 2 aromatic heterocycles. The number of rotatable bonds is 4. The number of nitrogens with zero attached hydrogens (tertiary/aromatic N) is 2. The number of amidine groups is 2. The van der Waals surface area contributed by atoms with Crippen molar-refractivity contribution in [3.05, 3.63) is 203 Å². The van der Waals surface area contributed by atoms with Gasteiger partial charge in [-0.3, -0.25) is 0 Å². The molecule has 0 radical (unpaired) electrons. The Bertz CT molecular complexity index is 3300. The normalized spacial score (nSPS) is 16.6. The number of nitrogens with one attached hydrogen (secondary N) is 1. The molecule has 2 atom stereocenters. The van der Waals surface area contributed by atoms with E-state index in [1.165, 1.54) is 64.1 Å². The van der Waals surface area contributed by atoms with Gasteiger partial charge in [-0.25, -0.2) is 9.98 Å². The summed E-state index contributed by atoms with van der Waals surface area (Å²) >= 11 is 1.82. The van der Waals surface area contributed by atoms with Gasteiger partial charge in [0.2, 0.25) is 0 Å². The van der Waals surface area contributed by atoms with E-state index in [1.54, 1.807) is 0 Å². The third kappa shape index (κ3) is 5.27. The third-order valence-electron chi connectivity index (χ3n) is 12.0. The van der Waals surface area contributed by atoms with Crippen molar-refractivity contribution in [1.29, 1.82) is 0 Å². The van der Waals surface area contributed by atoms with Crippen LogP contribution in [0, 0.1) is 0 Å². The summed E-state index contributed by atoms with van der Waals surface area (Å²) in [4.78, 5) is 10.7. The number of furan rings is 1. The summed E-state index contributed by atoms with van der Waals surface area (Å²) in [7, 11) is 0. The average Bonchev–Trinajstić information content (AvgIpc) is 3.80. The number of thiophene rings is 1. The van der Waals surface area contributed by atoms with Crippen molar-refractivity contribution in [3.63, 3.8) is 0 Å². The van der Waals surface area contributed by atoms with Crippen LogP contribution in [0.3, 0.4) is 0 Å². The second kappa shape index (κ2) is 12.9. The molecule has 12 rings (SSSR count). The van der Waals surface area contributed by atoms with E-state index in [4.69, 9.17) is 14.4 Å². The van der Waals surface area contributed by atoms with E-state index in [0.717, 1.165) is 57.8 Å². The molecule has 0 fully saturated rings. The van der Waals surface area contributed by atoms with Crippen LogP contribution in [0.5, 0.6) is 0 Å². The van der Waals surface area contributed by atoms with Gasteiger partial charge in [0.15, 0.2) is 6.17 Å². The second-order valence-corrected chi connectivity index (χ2v) is 16.3. The van der Waals surface area contributed by atoms with Crippen LogP contribution in [0.15, 0.2) is 184 Å². The minimum absolute atomic E-state index is 0.119. The summed E-state index contributed by atoms with van der Waals surface area (Å²) in [5, 5.41) is 11.1. The molecule has 57 heavy (non-hydrogen) atoms. The fourth-order valence-corrected chi connectivity index (χ4v) is 10.5. The van der Waals surface area contributed by atoms with Gasteiger partial charge in [0.25, 0.3) is 0 Å². The van der Waals surface area contributed by atoms with Crippen molar-refractivity contribution in [3.8, 4) is 11.1 Å². The molecule has 1 aliphatic carbocycles. The lowest BCUT2D eigenvalue weighted by molar-refractivity contribution is 0.667. The minimum Gasteiger partial charge on any atom is -0.456 e. The third-order valence-corrected chi connectivity index (χ3v) is 13.1. The van der Waals surface area contributed by atoms with Crippen LogP contribution in [0.1, 0.15) is 51.9 Å². The van der Waals surface area contributed by atoms with Gasteiger partial charge in [0, 0.05) is 48.0 Å². The molecule has 0 spiro atoms. The number of para-hydroxylation sites is 1. The lowest BCUT2D eigenvalue weighted by Gasteiger charge is -2.24. The van der Waals surface area contributed by atoms with Gasteiger partial charge < -0.3 is 9.73 Å². The Kier molecular flexibility index (Phi) is 7.32. The summed E-state index contributed by atoms with van der Waals surface area (Å²) in [6.07, 6.45) is 1.51. The minimum atomic E-state index is -0.422. The molecule has 0 saturated heterocycles. The maximum atomic E-state index is 6.76. The Morgan fingerprint density at radius 3 is 2.16 bits per heavy atom. The zero-order valence-electron chi connectivity index (χ0n) is 30.9. The van der Waals surface area contributed by atoms with E-state index in [-0.39, 0.29) is 5.92 Å². The van der Waals surface area contributed by atoms with Crippen molar-refractivity contribution in [2.24, 2.45) is 9.98 Å². The molecule has 0 saturated carbocycles. The van der Waals surface area contributed by atoms with E-state index in [1.807, 2.05) is 17.4 Å². The summed E-state index contributed by atoms with van der Waals surface area (Å²) < 4.78 is 9.26. The van der Waals surface area contributed by atoms with Crippen LogP contribution in [0.2, 0.25) is 0 Å². The number of fused-ring (bicyclic) bond motifs is 10. The Morgan fingerprint density at radius 1 is 0.526 bits per heavy atom. The van der Waals surface area contributed by atoms with Crippen LogP contribution in [-0.2, 0) is 6.42 Å². The summed E-state index contributed by atoms with van der Waals surface area (Å²) in [6, 6.07) is 61.2.